The van der Waals surface area contributed by atoms with Crippen LogP contribution in [0.5, 0.6) is 11.5 Å². The number of benzene rings is 2. The Bertz CT molecular complexity index is 1270. The maximum atomic E-state index is 14.2. The fraction of sp³-hybridized carbons (Fsp3) is 0.516. The summed E-state index contributed by atoms with van der Waals surface area (Å²) in [5.41, 5.74) is 1.40. The number of aryl methyl sites for hydroxylation is 1. The molecule has 39 heavy (non-hydrogen) atoms. The molecule has 2 heterocycles. The molecule has 3 fully saturated rings. The maximum absolute atomic E-state index is 14.2. The van der Waals surface area contributed by atoms with Gasteiger partial charge in [-0.25, -0.2) is 4.90 Å². The molecule has 1 saturated carbocycles. The van der Waals surface area contributed by atoms with Crippen molar-refractivity contribution in [2.24, 2.45) is 17.8 Å². The average molecular weight is 535 g/mol. The van der Waals surface area contributed by atoms with Crippen molar-refractivity contribution in [3.8, 4) is 11.5 Å². The zero-order chi connectivity index (χ0) is 27.9. The van der Waals surface area contributed by atoms with Crippen LogP contribution in [0.3, 0.4) is 0 Å². The summed E-state index contributed by atoms with van der Waals surface area (Å²) in [5.74, 6) is -2.52. The average Bonchev–Trinajstić information content (AvgIpc) is 3.42. The lowest BCUT2D eigenvalue weighted by Crippen LogP contribution is -2.57. The van der Waals surface area contributed by atoms with E-state index < -0.39 is 35.3 Å². The molecule has 4 atom stereocenters. The number of nitrogens with one attached hydrogen (secondary N) is 1. The number of nitrogens with zero attached hydrogens (tertiary/aromatic N) is 1. The zero-order valence-corrected chi connectivity index (χ0v) is 23.2. The smallest absolute Gasteiger partial charge is 0.324 e. The normalized spacial score (nSPS) is 27.1. The summed E-state index contributed by atoms with van der Waals surface area (Å²) in [4.78, 5) is 42.8. The van der Waals surface area contributed by atoms with Gasteiger partial charge in [0.25, 0.3) is 0 Å². The minimum Gasteiger partial charge on any atom is -0.496 e. The fourth-order valence-electron chi connectivity index (χ4n) is 7.15. The molecule has 4 unspecified atom stereocenters. The Labute approximate surface area is 229 Å². The molecule has 1 aliphatic carbocycles. The van der Waals surface area contributed by atoms with Crippen molar-refractivity contribution in [3.63, 3.8) is 0 Å². The number of methoxy groups -OCH3 is 2. The standard InChI is InChI=1S/C31H38N2O6/c1-5-19-11-13-21(14-12-19)33-28(34)24-25(29(33)35)31(30(36)37,17-20-9-7-6-8-10-20)32-26(24)22-15-16-23(38-3)18(2)27(22)39-4/h11-16,20,24-26,32H,5-10,17H2,1-4H3,(H,36,37). The Hall–Kier alpha value is -3.39. The number of amides is 2. The van der Waals surface area contributed by atoms with Crippen LogP contribution in [0.4, 0.5) is 5.69 Å². The topological polar surface area (TPSA) is 105 Å². The van der Waals surface area contributed by atoms with Gasteiger partial charge in [0.15, 0.2) is 0 Å². The van der Waals surface area contributed by atoms with Gasteiger partial charge in [-0.1, -0.05) is 57.2 Å². The van der Waals surface area contributed by atoms with Gasteiger partial charge >= 0.3 is 5.97 Å². The van der Waals surface area contributed by atoms with Crippen molar-refractivity contribution in [3.05, 3.63) is 53.1 Å². The van der Waals surface area contributed by atoms with Gasteiger partial charge in [-0.15, -0.1) is 0 Å². The van der Waals surface area contributed by atoms with Crippen LogP contribution < -0.4 is 19.7 Å². The molecule has 2 aromatic rings. The first-order valence-electron chi connectivity index (χ1n) is 14.0. The minimum absolute atomic E-state index is 0.169. The van der Waals surface area contributed by atoms with Crippen LogP contribution in [0, 0.1) is 24.7 Å². The molecule has 0 spiro atoms. The molecule has 3 aliphatic rings. The number of imide groups is 1. The van der Waals surface area contributed by atoms with Crippen LogP contribution in [0.15, 0.2) is 36.4 Å². The minimum atomic E-state index is -1.57. The number of carboxylic acid groups (broad SMARTS) is 1. The van der Waals surface area contributed by atoms with Crippen molar-refractivity contribution < 1.29 is 29.0 Å². The summed E-state index contributed by atoms with van der Waals surface area (Å²) in [6.45, 7) is 3.90. The Balaban J connectivity index is 1.65. The van der Waals surface area contributed by atoms with E-state index >= 15 is 0 Å². The van der Waals surface area contributed by atoms with E-state index in [1.807, 2.05) is 32.0 Å². The highest BCUT2D eigenvalue weighted by Gasteiger charge is 2.69. The molecule has 8 heteroatoms. The van der Waals surface area contributed by atoms with Crippen LogP contribution in [0.1, 0.15) is 68.2 Å². The molecular formula is C31H38N2O6. The third-order valence-electron chi connectivity index (χ3n) is 9.12. The van der Waals surface area contributed by atoms with E-state index in [-0.39, 0.29) is 11.8 Å². The first-order valence-corrected chi connectivity index (χ1v) is 14.0. The number of anilines is 1. The number of rotatable bonds is 8. The Kier molecular flexibility index (Phi) is 7.42. The van der Waals surface area contributed by atoms with Crippen molar-refractivity contribution in [2.45, 2.75) is 70.4 Å². The van der Waals surface area contributed by atoms with Crippen LogP contribution in [0.2, 0.25) is 0 Å². The highest BCUT2D eigenvalue weighted by Crippen LogP contribution is 2.54. The van der Waals surface area contributed by atoms with E-state index in [9.17, 15) is 19.5 Å². The van der Waals surface area contributed by atoms with E-state index in [1.165, 1.54) is 4.90 Å². The lowest BCUT2D eigenvalue weighted by molar-refractivity contribution is -0.150. The largest absolute Gasteiger partial charge is 0.496 e. The Morgan fingerprint density at radius 2 is 1.72 bits per heavy atom. The Morgan fingerprint density at radius 3 is 2.31 bits per heavy atom. The summed E-state index contributed by atoms with van der Waals surface area (Å²) in [6.07, 6.45) is 6.22. The van der Waals surface area contributed by atoms with Gasteiger partial charge in [0.05, 0.1) is 31.7 Å². The highest BCUT2D eigenvalue weighted by molar-refractivity contribution is 6.24. The van der Waals surface area contributed by atoms with Crippen LogP contribution in [-0.4, -0.2) is 42.6 Å². The van der Waals surface area contributed by atoms with Gasteiger partial charge in [-0.2, -0.15) is 0 Å². The number of aliphatic carboxylic acids is 1. The molecule has 0 radical (unpaired) electrons. The first kappa shape index (κ1) is 27.2. The zero-order valence-electron chi connectivity index (χ0n) is 23.2. The number of carbonyl (C=O) groups is 3. The summed E-state index contributed by atoms with van der Waals surface area (Å²) in [6, 6.07) is 10.3. The van der Waals surface area contributed by atoms with Gasteiger partial charge in [0.2, 0.25) is 11.8 Å². The van der Waals surface area contributed by atoms with Crippen molar-refractivity contribution in [1.29, 1.82) is 0 Å². The molecule has 2 amide bonds. The van der Waals surface area contributed by atoms with Crippen LogP contribution >= 0.6 is 0 Å². The van der Waals surface area contributed by atoms with E-state index in [1.54, 1.807) is 32.4 Å². The lowest BCUT2D eigenvalue weighted by atomic mass is 9.72. The second-order valence-electron chi connectivity index (χ2n) is 11.2. The summed E-state index contributed by atoms with van der Waals surface area (Å²) in [7, 11) is 3.12. The maximum Gasteiger partial charge on any atom is 0.324 e. The monoisotopic (exact) mass is 534 g/mol. The predicted octanol–water partition coefficient (Wildman–Crippen LogP) is 4.82. The van der Waals surface area contributed by atoms with Gasteiger partial charge in [0, 0.05) is 17.2 Å². The van der Waals surface area contributed by atoms with Crippen LogP contribution in [-0.2, 0) is 20.8 Å². The number of hydrogen-bond acceptors (Lipinski definition) is 6. The van der Waals surface area contributed by atoms with Crippen LogP contribution in [0.25, 0.3) is 0 Å². The molecule has 2 N–H and O–H groups in total. The summed E-state index contributed by atoms with van der Waals surface area (Å²) in [5, 5.41) is 14.2. The predicted molar refractivity (Wildman–Crippen MR) is 147 cm³/mol. The molecule has 2 aliphatic heterocycles. The van der Waals surface area contributed by atoms with Crippen molar-refractivity contribution in [2.75, 3.05) is 19.1 Å². The molecule has 2 aromatic carbocycles. The van der Waals surface area contributed by atoms with Crippen molar-refractivity contribution in [1.82, 2.24) is 5.32 Å². The highest BCUT2D eigenvalue weighted by atomic mass is 16.5. The first-order chi connectivity index (χ1) is 18.8. The fourth-order valence-corrected chi connectivity index (χ4v) is 7.15. The molecule has 0 aromatic heterocycles. The van der Waals surface area contributed by atoms with E-state index in [0.29, 0.717) is 29.2 Å². The van der Waals surface area contributed by atoms with E-state index in [4.69, 9.17) is 9.47 Å². The van der Waals surface area contributed by atoms with E-state index in [0.717, 1.165) is 49.7 Å². The third-order valence-corrected chi connectivity index (χ3v) is 9.12. The number of ether oxygens (including phenoxy) is 2. The summed E-state index contributed by atoms with van der Waals surface area (Å²) >= 11 is 0. The quantitative estimate of drug-likeness (QED) is 0.468. The molecule has 0 bridgehead atoms. The molecule has 2 saturated heterocycles. The Morgan fingerprint density at radius 1 is 1.03 bits per heavy atom. The molecule has 5 rings (SSSR count). The number of carbonyl (C=O) groups excluding carboxylic acids is 2. The second-order valence-corrected chi connectivity index (χ2v) is 11.2. The van der Waals surface area contributed by atoms with E-state index in [2.05, 4.69) is 5.32 Å². The number of fused-ring (bicyclic) bond motifs is 1. The van der Waals surface area contributed by atoms with Gasteiger partial charge in [-0.3, -0.25) is 19.7 Å². The molecule has 208 valence electrons. The number of carboxylic acids is 1. The SMILES string of the molecule is CCc1ccc(N2C(=O)C3C(c4ccc(OC)c(C)c4OC)NC(CC4CCCCC4)(C(=O)O)C3C2=O)cc1. The second kappa shape index (κ2) is 10.6. The number of hydrogen-bond donors (Lipinski definition) is 2. The van der Waals surface area contributed by atoms with Gasteiger partial charge in [0.1, 0.15) is 17.0 Å². The molecular weight excluding hydrogens is 496 g/mol. The van der Waals surface area contributed by atoms with Gasteiger partial charge < -0.3 is 14.6 Å². The third kappa shape index (κ3) is 4.39. The van der Waals surface area contributed by atoms with Crippen molar-refractivity contribution >= 4 is 23.5 Å². The lowest BCUT2D eigenvalue weighted by Gasteiger charge is -2.35. The summed E-state index contributed by atoms with van der Waals surface area (Å²) < 4.78 is 11.3. The molecule has 8 nitrogen and oxygen atoms in total. The van der Waals surface area contributed by atoms with Gasteiger partial charge in [-0.05, 0) is 49.4 Å².